The first kappa shape index (κ1) is 23.5. The molecule has 3 heterocycles. The van der Waals surface area contributed by atoms with Gasteiger partial charge in [-0.3, -0.25) is 4.79 Å². The first-order valence-corrected chi connectivity index (χ1v) is 13.7. The largest absolute Gasteiger partial charge is 0.305 e. The van der Waals surface area contributed by atoms with Crippen molar-refractivity contribution in [3.05, 3.63) is 75.8 Å². The van der Waals surface area contributed by atoms with Crippen molar-refractivity contribution in [3.63, 3.8) is 0 Å². The molecule has 0 aliphatic heterocycles. The van der Waals surface area contributed by atoms with E-state index in [1.807, 2.05) is 47.3 Å². The molecule has 0 bridgehead atoms. The Morgan fingerprint density at radius 3 is 2.51 bits per heavy atom. The van der Waals surface area contributed by atoms with Crippen LogP contribution in [0.3, 0.4) is 0 Å². The van der Waals surface area contributed by atoms with Crippen LogP contribution < -0.4 is 5.32 Å². The topological polar surface area (TPSA) is 72.7 Å². The van der Waals surface area contributed by atoms with Gasteiger partial charge in [-0.25, -0.2) is 4.98 Å². The van der Waals surface area contributed by atoms with E-state index in [-0.39, 0.29) is 11.7 Å². The van der Waals surface area contributed by atoms with E-state index in [2.05, 4.69) is 64.0 Å². The van der Waals surface area contributed by atoms with Crippen LogP contribution in [0.25, 0.3) is 33.8 Å². The molecule has 0 aliphatic rings. The molecule has 3 aromatic heterocycles. The quantitative estimate of drug-likeness (QED) is 0.244. The maximum absolute atomic E-state index is 12.6. The summed E-state index contributed by atoms with van der Waals surface area (Å²) in [5.41, 5.74) is 6.48. The first-order valence-electron chi connectivity index (χ1n) is 11.0. The molecule has 1 amide bonds. The third kappa shape index (κ3) is 5.07. The van der Waals surface area contributed by atoms with Crippen LogP contribution >= 0.6 is 34.4 Å². The summed E-state index contributed by atoms with van der Waals surface area (Å²) >= 11 is 4.48. The molecule has 2 aromatic carbocycles. The Morgan fingerprint density at radius 2 is 1.74 bits per heavy atom. The van der Waals surface area contributed by atoms with Crippen molar-refractivity contribution in [3.8, 4) is 33.8 Å². The number of carbonyl (C=O) groups is 1. The van der Waals surface area contributed by atoms with Crippen LogP contribution in [0.5, 0.6) is 0 Å². The van der Waals surface area contributed by atoms with Crippen LogP contribution in [-0.4, -0.2) is 31.4 Å². The number of hydrogen-bond acceptors (Lipinski definition) is 7. The SMILES string of the molecule is Cc1ccc(-c2csc(NC(=O)CSc3nnc(-c4csc(C)c4-c4ccccc4)n3C)n2)cc1. The Morgan fingerprint density at radius 1 is 0.971 bits per heavy atom. The van der Waals surface area contributed by atoms with E-state index in [1.165, 1.54) is 39.1 Å². The van der Waals surface area contributed by atoms with Crippen LogP contribution in [0, 0.1) is 13.8 Å². The number of hydrogen-bond donors (Lipinski definition) is 1. The second kappa shape index (κ2) is 10.2. The van der Waals surface area contributed by atoms with Crippen molar-refractivity contribution in [1.29, 1.82) is 0 Å². The molecule has 0 saturated heterocycles. The summed E-state index contributed by atoms with van der Waals surface area (Å²) in [6.45, 7) is 4.17. The number of nitrogens with one attached hydrogen (secondary N) is 1. The summed E-state index contributed by atoms with van der Waals surface area (Å²) in [5.74, 6) is 0.888. The van der Waals surface area contributed by atoms with Gasteiger partial charge in [-0.15, -0.1) is 32.9 Å². The van der Waals surface area contributed by atoms with Crippen molar-refractivity contribution in [2.24, 2.45) is 7.05 Å². The lowest BCUT2D eigenvalue weighted by atomic mass is 10.0. The third-order valence-corrected chi connectivity index (χ3v) is 8.23. The van der Waals surface area contributed by atoms with E-state index in [9.17, 15) is 4.79 Å². The summed E-state index contributed by atoms with van der Waals surface area (Å²) in [6.07, 6.45) is 0. The fourth-order valence-corrected chi connectivity index (χ4v) is 6.04. The number of thiazole rings is 1. The highest BCUT2D eigenvalue weighted by Crippen LogP contribution is 2.38. The van der Waals surface area contributed by atoms with Crippen molar-refractivity contribution in [2.75, 3.05) is 11.1 Å². The van der Waals surface area contributed by atoms with Gasteiger partial charge in [-0.05, 0) is 19.4 Å². The van der Waals surface area contributed by atoms with Crippen LogP contribution in [-0.2, 0) is 11.8 Å². The van der Waals surface area contributed by atoms with E-state index in [4.69, 9.17) is 0 Å². The minimum absolute atomic E-state index is 0.124. The average molecular weight is 518 g/mol. The van der Waals surface area contributed by atoms with Crippen molar-refractivity contribution in [1.82, 2.24) is 19.7 Å². The number of thioether (sulfide) groups is 1. The standard InChI is InChI=1S/C26H23N5OS3/c1-16-9-11-18(12-10-16)21-14-34-25(27-21)28-22(32)15-35-26-30-29-24(31(26)3)20-13-33-17(2)23(20)19-7-5-4-6-8-19/h4-14H,15H2,1-3H3,(H,27,28,32). The molecule has 6 nitrogen and oxygen atoms in total. The van der Waals surface area contributed by atoms with Gasteiger partial charge in [0.15, 0.2) is 16.1 Å². The third-order valence-electron chi connectivity index (χ3n) is 5.54. The predicted molar refractivity (Wildman–Crippen MR) is 146 cm³/mol. The summed E-state index contributed by atoms with van der Waals surface area (Å²) in [5, 5.41) is 17.1. The monoisotopic (exact) mass is 517 g/mol. The van der Waals surface area contributed by atoms with E-state index >= 15 is 0 Å². The molecule has 0 saturated carbocycles. The molecule has 0 radical (unpaired) electrons. The Kier molecular flexibility index (Phi) is 6.81. The number of amides is 1. The van der Waals surface area contributed by atoms with E-state index < -0.39 is 0 Å². The van der Waals surface area contributed by atoms with Gasteiger partial charge >= 0.3 is 0 Å². The molecule has 0 atom stereocenters. The van der Waals surface area contributed by atoms with Crippen LogP contribution in [0.15, 0.2) is 70.5 Å². The predicted octanol–water partition coefficient (Wildman–Crippen LogP) is 6.68. The average Bonchev–Trinajstić information content (AvgIpc) is 3.57. The van der Waals surface area contributed by atoms with Gasteiger partial charge in [0.05, 0.1) is 11.4 Å². The molecule has 0 spiro atoms. The molecule has 35 heavy (non-hydrogen) atoms. The molecule has 0 fully saturated rings. The highest BCUT2D eigenvalue weighted by molar-refractivity contribution is 7.99. The highest BCUT2D eigenvalue weighted by atomic mass is 32.2. The van der Waals surface area contributed by atoms with E-state index in [1.54, 1.807) is 11.3 Å². The molecule has 0 unspecified atom stereocenters. The first-order chi connectivity index (χ1) is 17.0. The van der Waals surface area contributed by atoms with Gasteiger partial charge < -0.3 is 9.88 Å². The lowest BCUT2D eigenvalue weighted by molar-refractivity contribution is -0.113. The fourth-order valence-electron chi connectivity index (χ4n) is 3.73. The summed E-state index contributed by atoms with van der Waals surface area (Å²) in [6, 6.07) is 18.5. The van der Waals surface area contributed by atoms with Crippen LogP contribution in [0.4, 0.5) is 5.13 Å². The van der Waals surface area contributed by atoms with Gasteiger partial charge in [0.2, 0.25) is 5.91 Å². The van der Waals surface area contributed by atoms with Gasteiger partial charge in [0, 0.05) is 39.4 Å². The maximum Gasteiger partial charge on any atom is 0.236 e. The highest BCUT2D eigenvalue weighted by Gasteiger charge is 2.19. The number of aryl methyl sites for hydroxylation is 2. The summed E-state index contributed by atoms with van der Waals surface area (Å²) in [4.78, 5) is 18.4. The second-order valence-electron chi connectivity index (χ2n) is 8.05. The van der Waals surface area contributed by atoms with Crippen molar-refractivity contribution < 1.29 is 4.79 Å². The van der Waals surface area contributed by atoms with E-state index in [0.717, 1.165) is 28.2 Å². The van der Waals surface area contributed by atoms with Gasteiger partial charge in [-0.1, -0.05) is 71.9 Å². The Balaban J connectivity index is 1.26. The smallest absolute Gasteiger partial charge is 0.236 e. The maximum atomic E-state index is 12.6. The fraction of sp³-hybridized carbons (Fsp3) is 0.154. The van der Waals surface area contributed by atoms with Crippen molar-refractivity contribution >= 4 is 45.5 Å². The lowest BCUT2D eigenvalue weighted by Gasteiger charge is -2.07. The number of nitrogens with zero attached hydrogens (tertiary/aromatic N) is 4. The zero-order valence-electron chi connectivity index (χ0n) is 19.5. The van der Waals surface area contributed by atoms with Crippen LogP contribution in [0.2, 0.25) is 0 Å². The normalized spacial score (nSPS) is 11.1. The Labute approximate surface area is 216 Å². The Bertz CT molecular complexity index is 1470. The molecular formula is C26H23N5OS3. The zero-order chi connectivity index (χ0) is 24.4. The van der Waals surface area contributed by atoms with Gasteiger partial charge in [-0.2, -0.15) is 0 Å². The Hall–Kier alpha value is -3.27. The summed E-state index contributed by atoms with van der Waals surface area (Å²) < 4.78 is 1.95. The molecule has 5 rings (SSSR count). The van der Waals surface area contributed by atoms with Gasteiger partial charge in [0.1, 0.15) is 0 Å². The molecule has 9 heteroatoms. The zero-order valence-corrected chi connectivity index (χ0v) is 21.9. The molecule has 1 N–H and O–H groups in total. The molecule has 176 valence electrons. The number of anilines is 1. The number of thiophene rings is 1. The van der Waals surface area contributed by atoms with Crippen molar-refractivity contribution in [2.45, 2.75) is 19.0 Å². The van der Waals surface area contributed by atoms with Crippen LogP contribution in [0.1, 0.15) is 10.4 Å². The number of rotatable bonds is 7. The lowest BCUT2D eigenvalue weighted by Crippen LogP contribution is -2.14. The van der Waals surface area contributed by atoms with Gasteiger partial charge in [0.25, 0.3) is 0 Å². The number of aromatic nitrogens is 4. The van der Waals surface area contributed by atoms with E-state index in [0.29, 0.717) is 10.3 Å². The molecule has 0 aliphatic carbocycles. The molecular weight excluding hydrogens is 495 g/mol. The molecule has 5 aromatic rings. The minimum Gasteiger partial charge on any atom is -0.305 e. The number of benzene rings is 2. The summed E-state index contributed by atoms with van der Waals surface area (Å²) in [7, 11) is 1.94. The minimum atomic E-state index is -0.124. The second-order valence-corrected chi connectivity index (χ2v) is 10.9. The number of carbonyl (C=O) groups excluding carboxylic acids is 1.